The van der Waals surface area contributed by atoms with Gasteiger partial charge in [0.15, 0.2) is 6.29 Å². The lowest BCUT2D eigenvalue weighted by molar-refractivity contribution is -0.0989. The molecule has 0 spiro atoms. The predicted octanol–water partition coefficient (Wildman–Crippen LogP) is 2.24. The number of methoxy groups -OCH3 is 2. The average Bonchev–Trinajstić information content (AvgIpc) is 2.50. The average molecular weight is 280 g/mol. The molecule has 1 aromatic rings. The molecule has 0 saturated heterocycles. The first-order chi connectivity index (χ1) is 9.74. The van der Waals surface area contributed by atoms with Gasteiger partial charge in [-0.15, -0.1) is 0 Å². The fourth-order valence-corrected chi connectivity index (χ4v) is 2.16. The number of hydrogen-bond donors (Lipinski definition) is 1. The summed E-state index contributed by atoms with van der Waals surface area (Å²) in [5.41, 5.74) is 2.72. The van der Waals surface area contributed by atoms with E-state index in [-0.39, 0.29) is 6.29 Å². The molecule has 0 amide bonds. The second kappa shape index (κ2) is 9.88. The predicted molar refractivity (Wildman–Crippen MR) is 82.6 cm³/mol. The highest BCUT2D eigenvalue weighted by Gasteiger charge is 2.07. The lowest BCUT2D eigenvalue weighted by Crippen LogP contribution is -2.30. The summed E-state index contributed by atoms with van der Waals surface area (Å²) in [6.45, 7) is 9.08. The van der Waals surface area contributed by atoms with Crippen LogP contribution in [0.5, 0.6) is 0 Å². The molecule has 1 rings (SSSR count). The Hall–Kier alpha value is -0.940. The summed E-state index contributed by atoms with van der Waals surface area (Å²) in [5.74, 6) is 0. The van der Waals surface area contributed by atoms with Gasteiger partial charge < -0.3 is 14.8 Å². The second-order valence-electron chi connectivity index (χ2n) is 4.76. The van der Waals surface area contributed by atoms with E-state index in [1.165, 1.54) is 11.1 Å². The van der Waals surface area contributed by atoms with Crippen LogP contribution in [0.3, 0.4) is 0 Å². The van der Waals surface area contributed by atoms with E-state index in [4.69, 9.17) is 9.47 Å². The van der Waals surface area contributed by atoms with E-state index in [1.807, 2.05) is 0 Å². The first-order valence-corrected chi connectivity index (χ1v) is 7.30. The molecule has 1 aromatic carbocycles. The SMILES string of the molecule is CCN(CC)Cc1ccccc1CNCC(OC)OC. The molecule has 0 atom stereocenters. The van der Waals surface area contributed by atoms with E-state index >= 15 is 0 Å². The third-order valence-electron chi connectivity index (χ3n) is 3.56. The zero-order chi connectivity index (χ0) is 14.8. The Labute approximate surface area is 123 Å². The number of rotatable bonds is 10. The summed E-state index contributed by atoms with van der Waals surface area (Å²) in [5, 5.41) is 3.38. The van der Waals surface area contributed by atoms with Crippen molar-refractivity contribution in [1.29, 1.82) is 0 Å². The smallest absolute Gasteiger partial charge is 0.169 e. The normalized spacial score (nSPS) is 11.5. The van der Waals surface area contributed by atoms with Crippen LogP contribution in [0.1, 0.15) is 25.0 Å². The molecule has 0 bridgehead atoms. The van der Waals surface area contributed by atoms with Crippen LogP contribution < -0.4 is 5.32 Å². The molecule has 0 saturated carbocycles. The van der Waals surface area contributed by atoms with Crippen molar-refractivity contribution in [1.82, 2.24) is 10.2 Å². The summed E-state index contributed by atoms with van der Waals surface area (Å²) in [7, 11) is 3.31. The van der Waals surface area contributed by atoms with E-state index in [1.54, 1.807) is 14.2 Å². The second-order valence-corrected chi connectivity index (χ2v) is 4.76. The maximum Gasteiger partial charge on any atom is 0.169 e. The van der Waals surface area contributed by atoms with Crippen molar-refractivity contribution in [3.63, 3.8) is 0 Å². The summed E-state index contributed by atoms with van der Waals surface area (Å²) in [6.07, 6.45) is -0.190. The third-order valence-corrected chi connectivity index (χ3v) is 3.56. The summed E-state index contributed by atoms with van der Waals surface area (Å²) in [4.78, 5) is 2.42. The number of ether oxygens (including phenoxy) is 2. The molecule has 4 heteroatoms. The van der Waals surface area contributed by atoms with Gasteiger partial charge >= 0.3 is 0 Å². The number of benzene rings is 1. The highest BCUT2D eigenvalue weighted by molar-refractivity contribution is 5.27. The molecule has 1 N–H and O–H groups in total. The molecule has 20 heavy (non-hydrogen) atoms. The first kappa shape index (κ1) is 17.1. The standard InChI is InChI=1S/C16H28N2O2/c1-5-18(6-2)13-15-10-8-7-9-14(15)11-17-12-16(19-3)20-4/h7-10,16-17H,5-6,11-13H2,1-4H3. The van der Waals surface area contributed by atoms with E-state index in [0.717, 1.165) is 26.2 Å². The van der Waals surface area contributed by atoms with Gasteiger partial charge in [0.1, 0.15) is 0 Å². The van der Waals surface area contributed by atoms with Crippen LogP contribution in [0, 0.1) is 0 Å². The van der Waals surface area contributed by atoms with Crippen LogP contribution in [-0.2, 0) is 22.6 Å². The van der Waals surface area contributed by atoms with Gasteiger partial charge in [0, 0.05) is 33.9 Å². The number of hydrogen-bond acceptors (Lipinski definition) is 4. The maximum absolute atomic E-state index is 5.17. The van der Waals surface area contributed by atoms with Crippen LogP contribution in [0.25, 0.3) is 0 Å². The molecule has 0 aliphatic rings. The Balaban J connectivity index is 2.56. The minimum atomic E-state index is -0.190. The monoisotopic (exact) mass is 280 g/mol. The van der Waals surface area contributed by atoms with E-state index in [0.29, 0.717) is 6.54 Å². The molecule has 0 aliphatic carbocycles. The molecular formula is C16H28N2O2. The van der Waals surface area contributed by atoms with Gasteiger partial charge in [-0.3, -0.25) is 4.90 Å². The van der Waals surface area contributed by atoms with Gasteiger partial charge in [-0.2, -0.15) is 0 Å². The maximum atomic E-state index is 5.17. The quantitative estimate of drug-likeness (QED) is 0.667. The van der Waals surface area contributed by atoms with E-state index in [9.17, 15) is 0 Å². The van der Waals surface area contributed by atoms with Crippen molar-refractivity contribution < 1.29 is 9.47 Å². The molecule has 0 fully saturated rings. The summed E-state index contributed by atoms with van der Waals surface area (Å²) in [6, 6.07) is 8.59. The number of nitrogens with zero attached hydrogens (tertiary/aromatic N) is 1. The molecule has 0 aliphatic heterocycles. The lowest BCUT2D eigenvalue weighted by Gasteiger charge is -2.20. The van der Waals surface area contributed by atoms with Gasteiger partial charge in [0.05, 0.1) is 0 Å². The molecule has 4 nitrogen and oxygen atoms in total. The van der Waals surface area contributed by atoms with E-state index < -0.39 is 0 Å². The topological polar surface area (TPSA) is 33.7 Å². The van der Waals surface area contributed by atoms with Gasteiger partial charge in [-0.1, -0.05) is 38.1 Å². The van der Waals surface area contributed by atoms with Gasteiger partial charge in [0.25, 0.3) is 0 Å². The van der Waals surface area contributed by atoms with Crippen molar-refractivity contribution in [3.05, 3.63) is 35.4 Å². The van der Waals surface area contributed by atoms with Gasteiger partial charge in [-0.25, -0.2) is 0 Å². The molecule has 0 aromatic heterocycles. The molecule has 0 radical (unpaired) electrons. The van der Waals surface area contributed by atoms with Gasteiger partial charge in [-0.05, 0) is 24.2 Å². The fraction of sp³-hybridized carbons (Fsp3) is 0.625. The Bertz CT molecular complexity index is 363. The van der Waals surface area contributed by atoms with Crippen molar-refractivity contribution in [3.8, 4) is 0 Å². The summed E-state index contributed by atoms with van der Waals surface area (Å²) >= 11 is 0. The van der Waals surface area contributed by atoms with Crippen molar-refractivity contribution >= 4 is 0 Å². The highest BCUT2D eigenvalue weighted by atomic mass is 16.7. The van der Waals surface area contributed by atoms with Crippen LogP contribution >= 0.6 is 0 Å². The fourth-order valence-electron chi connectivity index (χ4n) is 2.16. The Kier molecular flexibility index (Phi) is 8.46. The van der Waals surface area contributed by atoms with Crippen LogP contribution in [0.4, 0.5) is 0 Å². The van der Waals surface area contributed by atoms with Crippen LogP contribution in [-0.4, -0.2) is 45.0 Å². The van der Waals surface area contributed by atoms with Crippen molar-refractivity contribution in [2.75, 3.05) is 33.9 Å². The summed E-state index contributed by atoms with van der Waals surface area (Å²) < 4.78 is 10.3. The van der Waals surface area contributed by atoms with Crippen LogP contribution in [0.15, 0.2) is 24.3 Å². The Morgan fingerprint density at radius 2 is 1.65 bits per heavy atom. The van der Waals surface area contributed by atoms with Crippen molar-refractivity contribution in [2.45, 2.75) is 33.2 Å². The van der Waals surface area contributed by atoms with Crippen molar-refractivity contribution in [2.24, 2.45) is 0 Å². The van der Waals surface area contributed by atoms with Gasteiger partial charge in [0.2, 0.25) is 0 Å². The molecule has 0 heterocycles. The lowest BCUT2D eigenvalue weighted by atomic mass is 10.1. The van der Waals surface area contributed by atoms with E-state index in [2.05, 4.69) is 48.3 Å². The minimum absolute atomic E-state index is 0.190. The highest BCUT2D eigenvalue weighted by Crippen LogP contribution is 2.11. The zero-order valence-electron chi connectivity index (χ0n) is 13.2. The molecule has 0 unspecified atom stereocenters. The van der Waals surface area contributed by atoms with Crippen LogP contribution in [0.2, 0.25) is 0 Å². The Morgan fingerprint density at radius 3 is 2.20 bits per heavy atom. The minimum Gasteiger partial charge on any atom is -0.355 e. The first-order valence-electron chi connectivity index (χ1n) is 7.30. The number of nitrogens with one attached hydrogen (secondary N) is 1. The third kappa shape index (κ3) is 5.59. The molecule has 114 valence electrons. The zero-order valence-corrected chi connectivity index (χ0v) is 13.2. The largest absolute Gasteiger partial charge is 0.355 e. The Morgan fingerprint density at radius 1 is 1.05 bits per heavy atom. The molecular weight excluding hydrogens is 252 g/mol.